The maximum Gasteiger partial charge on any atom is 0.337 e. The van der Waals surface area contributed by atoms with Gasteiger partial charge in [0.2, 0.25) is 0 Å². The molecule has 0 atom stereocenters. The molecule has 1 amide bonds. The van der Waals surface area contributed by atoms with Crippen LogP contribution in [0, 0.1) is 0 Å². The van der Waals surface area contributed by atoms with Crippen LogP contribution in [0.5, 0.6) is 0 Å². The highest BCUT2D eigenvalue weighted by Crippen LogP contribution is 2.16. The molecule has 8 heteroatoms. The van der Waals surface area contributed by atoms with Crippen molar-refractivity contribution in [1.82, 2.24) is 9.97 Å². The fourth-order valence-corrected chi connectivity index (χ4v) is 2.48. The van der Waals surface area contributed by atoms with E-state index in [9.17, 15) is 14.4 Å². The monoisotopic (exact) mass is 390 g/mol. The third kappa shape index (κ3) is 5.01. The third-order valence-electron chi connectivity index (χ3n) is 3.99. The molecule has 0 aliphatic rings. The van der Waals surface area contributed by atoms with Gasteiger partial charge in [-0.1, -0.05) is 6.07 Å². The summed E-state index contributed by atoms with van der Waals surface area (Å²) < 4.78 is 4.66. The number of amides is 1. The minimum atomic E-state index is -0.493. The van der Waals surface area contributed by atoms with Gasteiger partial charge in [0.15, 0.2) is 5.78 Å². The van der Waals surface area contributed by atoms with Crippen molar-refractivity contribution in [2.24, 2.45) is 0 Å². The molecule has 0 radical (unpaired) electrons. The van der Waals surface area contributed by atoms with E-state index in [0.717, 1.165) is 5.69 Å². The number of benzene rings is 2. The summed E-state index contributed by atoms with van der Waals surface area (Å²) in [5.74, 6) is -0.516. The summed E-state index contributed by atoms with van der Waals surface area (Å²) in [7, 11) is 1.29. The molecule has 0 bridgehead atoms. The van der Waals surface area contributed by atoms with Crippen LogP contribution in [0.1, 0.15) is 38.1 Å². The van der Waals surface area contributed by atoms with E-state index in [2.05, 4.69) is 25.3 Å². The Morgan fingerprint density at radius 1 is 0.897 bits per heavy atom. The normalized spacial score (nSPS) is 10.1. The van der Waals surface area contributed by atoms with Crippen LogP contribution in [0.15, 0.2) is 60.9 Å². The fourth-order valence-electron chi connectivity index (χ4n) is 2.48. The number of nitrogens with one attached hydrogen (secondary N) is 2. The van der Waals surface area contributed by atoms with Gasteiger partial charge in [0.1, 0.15) is 11.5 Å². The summed E-state index contributed by atoms with van der Waals surface area (Å²) in [6.07, 6.45) is 2.77. The number of Topliss-reactive ketones (excluding diaryl/α,β-unsaturated/α-hetero) is 1. The molecule has 3 aromatic rings. The number of esters is 1. The molecule has 1 heterocycles. The highest BCUT2D eigenvalue weighted by Gasteiger charge is 2.11. The van der Waals surface area contributed by atoms with Crippen molar-refractivity contribution in [1.29, 1.82) is 0 Å². The van der Waals surface area contributed by atoms with E-state index in [4.69, 9.17) is 0 Å². The van der Waals surface area contributed by atoms with E-state index in [-0.39, 0.29) is 11.5 Å². The number of carbonyl (C=O) groups is 3. The SMILES string of the molecule is COC(=O)c1cccc(NC(=O)c2cnc(Nc3ccc(C(C)=O)cc3)cn2)c1. The van der Waals surface area contributed by atoms with Gasteiger partial charge in [-0.3, -0.25) is 9.59 Å². The summed E-state index contributed by atoms with van der Waals surface area (Å²) in [5.41, 5.74) is 2.23. The van der Waals surface area contributed by atoms with Crippen LogP contribution >= 0.6 is 0 Å². The highest BCUT2D eigenvalue weighted by atomic mass is 16.5. The molecule has 2 N–H and O–H groups in total. The number of hydrogen-bond acceptors (Lipinski definition) is 7. The van der Waals surface area contributed by atoms with Crippen LogP contribution < -0.4 is 10.6 Å². The van der Waals surface area contributed by atoms with Gasteiger partial charge >= 0.3 is 5.97 Å². The quantitative estimate of drug-likeness (QED) is 0.490. The topological polar surface area (TPSA) is 110 Å². The molecule has 0 unspecified atom stereocenters. The lowest BCUT2D eigenvalue weighted by Gasteiger charge is -2.08. The number of hydrogen-bond donors (Lipinski definition) is 2. The van der Waals surface area contributed by atoms with Crippen molar-refractivity contribution in [3.8, 4) is 0 Å². The van der Waals surface area contributed by atoms with Gasteiger partial charge in [0.05, 0.1) is 25.1 Å². The molecular formula is C21H18N4O4. The number of anilines is 3. The van der Waals surface area contributed by atoms with Gasteiger partial charge in [-0.25, -0.2) is 14.8 Å². The molecule has 146 valence electrons. The average molecular weight is 390 g/mol. The van der Waals surface area contributed by atoms with Crippen molar-refractivity contribution < 1.29 is 19.1 Å². The van der Waals surface area contributed by atoms with Gasteiger partial charge in [-0.15, -0.1) is 0 Å². The lowest BCUT2D eigenvalue weighted by atomic mass is 10.1. The Kier molecular flexibility index (Phi) is 5.94. The zero-order valence-corrected chi connectivity index (χ0v) is 15.8. The van der Waals surface area contributed by atoms with Gasteiger partial charge in [0.25, 0.3) is 5.91 Å². The second kappa shape index (κ2) is 8.75. The van der Waals surface area contributed by atoms with E-state index < -0.39 is 11.9 Å². The summed E-state index contributed by atoms with van der Waals surface area (Å²) >= 11 is 0. The number of aromatic nitrogens is 2. The third-order valence-corrected chi connectivity index (χ3v) is 3.99. The van der Waals surface area contributed by atoms with Crippen molar-refractivity contribution in [2.45, 2.75) is 6.92 Å². The van der Waals surface area contributed by atoms with Crippen molar-refractivity contribution >= 4 is 34.9 Å². The molecular weight excluding hydrogens is 372 g/mol. The largest absolute Gasteiger partial charge is 0.465 e. The second-order valence-electron chi connectivity index (χ2n) is 6.07. The minimum Gasteiger partial charge on any atom is -0.465 e. The Bertz CT molecular complexity index is 1050. The number of rotatable bonds is 6. The Morgan fingerprint density at radius 2 is 1.66 bits per heavy atom. The van der Waals surface area contributed by atoms with Crippen LogP contribution in [0.2, 0.25) is 0 Å². The molecule has 0 saturated carbocycles. The summed E-state index contributed by atoms with van der Waals surface area (Å²) in [4.78, 5) is 43.5. The van der Waals surface area contributed by atoms with Gasteiger partial charge in [-0.05, 0) is 49.4 Å². The van der Waals surface area contributed by atoms with Crippen LogP contribution in [-0.2, 0) is 4.74 Å². The standard InChI is InChI=1S/C21H18N4O4/c1-13(26)14-6-8-16(9-7-14)24-19-12-22-18(11-23-19)20(27)25-17-5-3-4-15(10-17)21(28)29-2/h3-12H,1-2H3,(H,23,24)(H,25,27). The number of ether oxygens (including phenoxy) is 1. The van der Waals surface area contributed by atoms with Crippen molar-refractivity contribution in [3.63, 3.8) is 0 Å². The number of methoxy groups -OCH3 is 1. The molecule has 0 aliphatic carbocycles. The van der Waals surface area contributed by atoms with Crippen LogP contribution in [0.25, 0.3) is 0 Å². The van der Waals surface area contributed by atoms with Gasteiger partial charge in [-0.2, -0.15) is 0 Å². The molecule has 0 saturated heterocycles. The Labute approximate surface area is 167 Å². The Morgan fingerprint density at radius 3 is 2.28 bits per heavy atom. The molecule has 2 aromatic carbocycles. The van der Waals surface area contributed by atoms with Crippen LogP contribution in [0.4, 0.5) is 17.2 Å². The van der Waals surface area contributed by atoms with E-state index >= 15 is 0 Å². The van der Waals surface area contributed by atoms with E-state index in [1.165, 1.54) is 32.5 Å². The predicted molar refractivity (Wildman–Crippen MR) is 107 cm³/mol. The zero-order valence-electron chi connectivity index (χ0n) is 15.8. The summed E-state index contributed by atoms with van der Waals surface area (Å²) in [6.45, 7) is 1.50. The Balaban J connectivity index is 1.66. The first-order chi connectivity index (χ1) is 14.0. The summed E-state index contributed by atoms with van der Waals surface area (Å²) in [5, 5.41) is 5.71. The smallest absolute Gasteiger partial charge is 0.337 e. The lowest BCUT2D eigenvalue weighted by Crippen LogP contribution is -2.14. The number of nitrogens with zero attached hydrogens (tertiary/aromatic N) is 2. The second-order valence-corrected chi connectivity index (χ2v) is 6.07. The van der Waals surface area contributed by atoms with Crippen molar-refractivity contribution in [3.05, 3.63) is 77.7 Å². The first-order valence-electron chi connectivity index (χ1n) is 8.66. The zero-order chi connectivity index (χ0) is 20.8. The van der Waals surface area contributed by atoms with E-state index in [1.807, 2.05) is 0 Å². The summed E-state index contributed by atoms with van der Waals surface area (Å²) in [6, 6.07) is 13.3. The predicted octanol–water partition coefficient (Wildman–Crippen LogP) is 3.46. The first-order valence-corrected chi connectivity index (χ1v) is 8.66. The minimum absolute atomic E-state index is 0.0103. The Hall–Kier alpha value is -4.07. The van der Waals surface area contributed by atoms with Crippen LogP contribution in [0.3, 0.4) is 0 Å². The van der Waals surface area contributed by atoms with Crippen LogP contribution in [-0.4, -0.2) is 34.7 Å². The maximum atomic E-state index is 12.4. The fraction of sp³-hybridized carbons (Fsp3) is 0.0952. The first kappa shape index (κ1) is 19.7. The molecule has 8 nitrogen and oxygen atoms in total. The molecule has 0 aliphatic heterocycles. The molecule has 3 rings (SSSR count). The van der Waals surface area contributed by atoms with E-state index in [0.29, 0.717) is 22.6 Å². The lowest BCUT2D eigenvalue weighted by molar-refractivity contribution is 0.0600. The molecule has 0 fully saturated rings. The van der Waals surface area contributed by atoms with Gasteiger partial charge in [0, 0.05) is 16.9 Å². The average Bonchev–Trinajstić information content (AvgIpc) is 2.74. The number of ketones is 1. The molecule has 1 aromatic heterocycles. The maximum absolute atomic E-state index is 12.4. The van der Waals surface area contributed by atoms with E-state index in [1.54, 1.807) is 42.5 Å². The number of carbonyl (C=O) groups excluding carboxylic acids is 3. The molecule has 0 spiro atoms. The highest BCUT2D eigenvalue weighted by molar-refractivity contribution is 6.03. The molecule has 29 heavy (non-hydrogen) atoms. The van der Waals surface area contributed by atoms with Gasteiger partial charge < -0.3 is 15.4 Å². The van der Waals surface area contributed by atoms with Crippen molar-refractivity contribution in [2.75, 3.05) is 17.7 Å².